The monoisotopic (exact) mass is 719 g/mol. The number of halogens is 1. The van der Waals surface area contributed by atoms with E-state index < -0.39 is 43.9 Å². The molecule has 0 aliphatic carbocycles. The summed E-state index contributed by atoms with van der Waals surface area (Å²) in [6, 6.07) is 14.7. The highest BCUT2D eigenvalue weighted by atomic mass is 32.2. The number of rotatable bonds is 9. The van der Waals surface area contributed by atoms with E-state index in [2.05, 4.69) is 4.72 Å². The van der Waals surface area contributed by atoms with Crippen LogP contribution in [0.3, 0.4) is 0 Å². The molecule has 0 radical (unpaired) electrons. The van der Waals surface area contributed by atoms with Crippen LogP contribution >= 0.6 is 0 Å². The minimum absolute atomic E-state index is 0.0261. The van der Waals surface area contributed by atoms with Gasteiger partial charge in [-0.1, -0.05) is 24.6 Å². The molecular weight excluding hydrogens is 674 g/mol. The number of aryl methyl sites for hydroxylation is 1. The molecular formula is C35H46FN3O8S2. The second-order valence-corrected chi connectivity index (χ2v) is 16.4. The van der Waals surface area contributed by atoms with Crippen molar-refractivity contribution in [3.63, 3.8) is 0 Å². The highest BCUT2D eigenvalue weighted by Crippen LogP contribution is 2.30. The third-order valence-electron chi connectivity index (χ3n) is 8.59. The van der Waals surface area contributed by atoms with Crippen LogP contribution in [0.15, 0.2) is 76.5 Å². The SMILES string of the molecule is Cc1ccc(S(=O)(=O)N(C)C[C@H]2OCCCC[C@H](C)Oc3ccc(NS(=O)(=O)c4ccc(F)cc4)cc3C(=O)N([C@@H](C)CO)C[C@H]2C)cc1. The molecule has 1 aliphatic rings. The number of aliphatic hydroxyl groups is 1. The first-order chi connectivity index (χ1) is 23.1. The molecule has 4 atom stereocenters. The van der Waals surface area contributed by atoms with Crippen LogP contribution in [-0.2, 0) is 24.8 Å². The number of anilines is 1. The van der Waals surface area contributed by atoms with Gasteiger partial charge in [0.15, 0.2) is 0 Å². The molecule has 3 aromatic rings. The molecule has 11 nitrogen and oxygen atoms in total. The van der Waals surface area contributed by atoms with Gasteiger partial charge >= 0.3 is 0 Å². The zero-order valence-corrected chi connectivity index (χ0v) is 30.1. The Morgan fingerprint density at radius 1 is 1.00 bits per heavy atom. The third kappa shape index (κ3) is 9.79. The number of nitrogens with zero attached hydrogens (tertiary/aromatic N) is 2. The number of fused-ring (bicyclic) bond motifs is 1. The van der Waals surface area contributed by atoms with Gasteiger partial charge in [0.2, 0.25) is 10.0 Å². The lowest BCUT2D eigenvalue weighted by Gasteiger charge is -2.35. The molecule has 0 spiro atoms. The average Bonchev–Trinajstić information content (AvgIpc) is 3.06. The standard InChI is InChI=1S/C35H46FN3O8S2/c1-24-9-14-31(15-10-24)49(44,45)38(5)22-34-25(2)21-39(26(3)23-40)35(41)32-20-29(37-48(42,43)30-16-11-28(36)12-17-30)13-18-33(32)47-27(4)8-6-7-19-46-34/h9-18,20,25-27,34,37,40H,6-8,19,21-23H2,1-5H3/t25-,26+,27+,34-/m1/s1. The van der Waals surface area contributed by atoms with Crippen molar-refractivity contribution >= 4 is 31.6 Å². The van der Waals surface area contributed by atoms with Crippen molar-refractivity contribution in [1.29, 1.82) is 0 Å². The summed E-state index contributed by atoms with van der Waals surface area (Å²) in [6.07, 6.45) is 1.16. The number of sulfonamides is 2. The van der Waals surface area contributed by atoms with Gasteiger partial charge in [-0.05, 0) is 94.6 Å². The maximum atomic E-state index is 14.4. The number of carbonyl (C=O) groups excluding carboxylic acids is 1. The molecule has 0 fully saturated rings. The Kier molecular flexibility index (Phi) is 12.8. The van der Waals surface area contributed by atoms with E-state index >= 15 is 0 Å². The van der Waals surface area contributed by atoms with Crippen molar-refractivity contribution in [2.75, 3.05) is 38.1 Å². The molecule has 1 aliphatic heterocycles. The number of likely N-dealkylation sites (N-methyl/N-ethyl adjacent to an activating group) is 1. The summed E-state index contributed by atoms with van der Waals surface area (Å²) in [5.74, 6) is -1.24. The van der Waals surface area contributed by atoms with Gasteiger partial charge in [-0.15, -0.1) is 0 Å². The second kappa shape index (κ2) is 16.4. The Hall–Kier alpha value is -3.56. The van der Waals surface area contributed by atoms with E-state index in [1.165, 1.54) is 34.5 Å². The molecule has 1 heterocycles. The minimum Gasteiger partial charge on any atom is -0.490 e. The zero-order valence-electron chi connectivity index (χ0n) is 28.5. The zero-order chi connectivity index (χ0) is 35.9. The number of ether oxygens (including phenoxy) is 2. The van der Waals surface area contributed by atoms with E-state index in [1.807, 2.05) is 20.8 Å². The van der Waals surface area contributed by atoms with Crippen LogP contribution in [0.2, 0.25) is 0 Å². The number of amides is 1. The van der Waals surface area contributed by atoms with Crippen molar-refractivity contribution in [3.05, 3.63) is 83.7 Å². The normalized spacial score (nSPS) is 20.6. The summed E-state index contributed by atoms with van der Waals surface area (Å²) in [5.41, 5.74) is 1.10. The maximum absolute atomic E-state index is 14.4. The van der Waals surface area contributed by atoms with Gasteiger partial charge in [0.05, 0.1) is 40.2 Å². The van der Waals surface area contributed by atoms with E-state index in [-0.39, 0.29) is 58.5 Å². The fourth-order valence-electron chi connectivity index (χ4n) is 5.52. The molecule has 0 bridgehead atoms. The van der Waals surface area contributed by atoms with E-state index in [0.29, 0.717) is 19.4 Å². The average molecular weight is 720 g/mol. The van der Waals surface area contributed by atoms with Crippen LogP contribution in [-0.4, -0.2) is 88.7 Å². The Morgan fingerprint density at radius 3 is 2.31 bits per heavy atom. The Bertz CT molecular complexity index is 1790. The lowest BCUT2D eigenvalue weighted by molar-refractivity contribution is -0.00833. The molecule has 3 aromatic carbocycles. The fourth-order valence-corrected chi connectivity index (χ4v) is 7.75. The first-order valence-corrected chi connectivity index (χ1v) is 19.2. The molecule has 2 N–H and O–H groups in total. The summed E-state index contributed by atoms with van der Waals surface area (Å²) < 4.78 is 82.8. The molecule has 4 rings (SSSR count). The number of aliphatic hydroxyl groups excluding tert-OH is 1. The number of benzene rings is 3. The molecule has 14 heteroatoms. The number of carbonyl (C=O) groups is 1. The predicted molar refractivity (Wildman–Crippen MR) is 185 cm³/mol. The van der Waals surface area contributed by atoms with Gasteiger partial charge in [0.1, 0.15) is 11.6 Å². The smallest absolute Gasteiger partial charge is 0.261 e. The highest BCUT2D eigenvalue weighted by molar-refractivity contribution is 7.92. The van der Waals surface area contributed by atoms with E-state index in [0.717, 1.165) is 36.2 Å². The Labute approximate surface area is 289 Å². The van der Waals surface area contributed by atoms with Crippen molar-refractivity contribution < 1.29 is 40.6 Å². The van der Waals surface area contributed by atoms with E-state index in [4.69, 9.17) is 9.47 Å². The van der Waals surface area contributed by atoms with Gasteiger partial charge in [0, 0.05) is 38.3 Å². The van der Waals surface area contributed by atoms with Gasteiger partial charge < -0.3 is 19.5 Å². The van der Waals surface area contributed by atoms with Crippen LogP contribution in [0.4, 0.5) is 10.1 Å². The van der Waals surface area contributed by atoms with Gasteiger partial charge in [0.25, 0.3) is 15.9 Å². The molecule has 0 saturated heterocycles. The van der Waals surface area contributed by atoms with Crippen LogP contribution in [0.5, 0.6) is 5.75 Å². The van der Waals surface area contributed by atoms with Crippen LogP contribution in [0.1, 0.15) is 56.0 Å². The van der Waals surface area contributed by atoms with Gasteiger partial charge in [-0.2, -0.15) is 4.31 Å². The minimum atomic E-state index is -4.12. The van der Waals surface area contributed by atoms with Crippen molar-refractivity contribution in [1.82, 2.24) is 9.21 Å². The van der Waals surface area contributed by atoms with Gasteiger partial charge in [-0.25, -0.2) is 21.2 Å². The number of nitrogens with one attached hydrogen (secondary N) is 1. The molecule has 268 valence electrons. The molecule has 1 amide bonds. The van der Waals surface area contributed by atoms with Crippen LogP contribution in [0, 0.1) is 18.7 Å². The Balaban J connectivity index is 1.67. The Morgan fingerprint density at radius 2 is 1.65 bits per heavy atom. The summed E-state index contributed by atoms with van der Waals surface area (Å²) in [7, 11) is -6.46. The second-order valence-electron chi connectivity index (χ2n) is 12.7. The number of hydrogen-bond donors (Lipinski definition) is 2. The lowest BCUT2D eigenvalue weighted by atomic mass is 10.0. The van der Waals surface area contributed by atoms with Gasteiger partial charge in [-0.3, -0.25) is 9.52 Å². The maximum Gasteiger partial charge on any atom is 0.261 e. The number of hydrogen-bond acceptors (Lipinski definition) is 8. The van der Waals surface area contributed by atoms with Crippen LogP contribution < -0.4 is 9.46 Å². The fraction of sp³-hybridized carbons (Fsp3) is 0.457. The summed E-state index contributed by atoms with van der Waals surface area (Å²) in [6.45, 7) is 7.41. The predicted octanol–water partition coefficient (Wildman–Crippen LogP) is 5.05. The largest absolute Gasteiger partial charge is 0.490 e. The first-order valence-electron chi connectivity index (χ1n) is 16.3. The third-order valence-corrected chi connectivity index (χ3v) is 11.8. The summed E-state index contributed by atoms with van der Waals surface area (Å²) >= 11 is 0. The van der Waals surface area contributed by atoms with Crippen molar-refractivity contribution in [3.8, 4) is 5.75 Å². The van der Waals surface area contributed by atoms with Crippen molar-refractivity contribution in [2.45, 2.75) is 75.0 Å². The van der Waals surface area contributed by atoms with E-state index in [1.54, 1.807) is 31.2 Å². The lowest BCUT2D eigenvalue weighted by Crippen LogP contribution is -2.48. The van der Waals surface area contributed by atoms with Crippen LogP contribution in [0.25, 0.3) is 0 Å². The topological polar surface area (TPSA) is 143 Å². The van der Waals surface area contributed by atoms with E-state index in [9.17, 15) is 31.1 Å². The molecule has 0 aromatic heterocycles. The summed E-state index contributed by atoms with van der Waals surface area (Å²) in [5, 5.41) is 10.2. The highest BCUT2D eigenvalue weighted by Gasteiger charge is 2.32. The first kappa shape index (κ1) is 38.2. The molecule has 0 unspecified atom stereocenters. The quantitative estimate of drug-likeness (QED) is 0.313. The summed E-state index contributed by atoms with van der Waals surface area (Å²) in [4.78, 5) is 15.8. The molecule has 49 heavy (non-hydrogen) atoms. The van der Waals surface area contributed by atoms with Crippen molar-refractivity contribution in [2.24, 2.45) is 5.92 Å². The molecule has 0 saturated carbocycles.